The van der Waals surface area contributed by atoms with Crippen LogP contribution in [-0.2, 0) is 0 Å². The zero-order valence-electron chi connectivity index (χ0n) is 9.69. The van der Waals surface area contributed by atoms with Crippen molar-refractivity contribution in [2.45, 2.75) is 17.7 Å². The van der Waals surface area contributed by atoms with Crippen molar-refractivity contribution in [3.05, 3.63) is 24.0 Å². The lowest BCUT2D eigenvalue weighted by Gasteiger charge is -1.94. The van der Waals surface area contributed by atoms with Crippen LogP contribution in [0.25, 0.3) is 10.7 Å². The molecule has 0 saturated carbocycles. The molecule has 0 fully saturated rings. The van der Waals surface area contributed by atoms with Gasteiger partial charge in [-0.05, 0) is 0 Å². The van der Waals surface area contributed by atoms with Crippen molar-refractivity contribution in [1.82, 2.24) is 15.1 Å². The topological polar surface area (TPSA) is 51.8 Å². The van der Waals surface area contributed by atoms with Gasteiger partial charge in [0.2, 0.25) is 11.7 Å². The molecule has 2 rings (SSSR count). The van der Waals surface area contributed by atoms with E-state index in [-0.39, 0.29) is 12.2 Å². The van der Waals surface area contributed by atoms with E-state index in [9.17, 15) is 13.2 Å². The number of hydrogen-bond donors (Lipinski definition) is 0. The molecule has 19 heavy (non-hydrogen) atoms. The maximum atomic E-state index is 12.6. The summed E-state index contributed by atoms with van der Waals surface area (Å²) in [7, 11) is 0. The predicted octanol–water partition coefficient (Wildman–Crippen LogP) is 4.06. The third kappa shape index (κ3) is 3.80. The third-order valence-corrected chi connectivity index (χ3v) is 4.14. The summed E-state index contributed by atoms with van der Waals surface area (Å²) < 4.78 is 41.7. The van der Waals surface area contributed by atoms with E-state index in [1.807, 2.05) is 0 Å². The number of hydrogen-bond acceptors (Lipinski definition) is 6. The molecule has 0 bridgehead atoms. The SMILES string of the molecule is Cc1nc(-c2cnc(SCCC(F)=C(F)F)s2)no1. The number of aryl methyl sites for hydroxylation is 1. The molecule has 0 aliphatic rings. The lowest BCUT2D eigenvalue weighted by molar-refractivity contribution is 0.373. The number of aromatic nitrogens is 3. The summed E-state index contributed by atoms with van der Waals surface area (Å²) in [6.45, 7) is 1.67. The van der Waals surface area contributed by atoms with Crippen molar-refractivity contribution in [3.63, 3.8) is 0 Å². The van der Waals surface area contributed by atoms with Gasteiger partial charge >= 0.3 is 6.08 Å². The van der Waals surface area contributed by atoms with Crippen LogP contribution in [-0.4, -0.2) is 20.9 Å². The predicted molar refractivity (Wildman–Crippen MR) is 65.8 cm³/mol. The maximum Gasteiger partial charge on any atom is 0.301 e. The zero-order valence-corrected chi connectivity index (χ0v) is 11.3. The Bertz CT molecular complexity index is 592. The molecule has 0 spiro atoms. The second kappa shape index (κ2) is 6.20. The van der Waals surface area contributed by atoms with E-state index in [4.69, 9.17) is 4.52 Å². The number of allylic oxidation sites excluding steroid dienone is 1. The Labute approximate surface area is 114 Å². The van der Waals surface area contributed by atoms with Gasteiger partial charge in [-0.2, -0.15) is 13.8 Å². The average Bonchev–Trinajstić information content (AvgIpc) is 2.97. The average molecular weight is 307 g/mol. The van der Waals surface area contributed by atoms with Crippen molar-refractivity contribution >= 4 is 23.1 Å². The van der Waals surface area contributed by atoms with E-state index in [1.54, 1.807) is 13.1 Å². The summed E-state index contributed by atoms with van der Waals surface area (Å²) in [5.74, 6) is -0.300. The van der Waals surface area contributed by atoms with Gasteiger partial charge in [-0.1, -0.05) is 16.9 Å². The van der Waals surface area contributed by atoms with Gasteiger partial charge in [0.25, 0.3) is 0 Å². The van der Waals surface area contributed by atoms with Gasteiger partial charge in [-0.15, -0.1) is 11.3 Å². The number of thiazole rings is 1. The number of rotatable bonds is 5. The normalized spacial score (nSPS) is 10.7. The fourth-order valence-corrected chi connectivity index (χ4v) is 3.06. The number of thioether (sulfide) groups is 1. The van der Waals surface area contributed by atoms with Crippen molar-refractivity contribution in [3.8, 4) is 10.7 Å². The van der Waals surface area contributed by atoms with Gasteiger partial charge in [0, 0.05) is 19.1 Å². The molecule has 102 valence electrons. The summed E-state index contributed by atoms with van der Waals surface area (Å²) >= 11 is 2.50. The first-order valence-electron chi connectivity index (χ1n) is 5.15. The van der Waals surface area contributed by atoms with Crippen molar-refractivity contribution in [1.29, 1.82) is 0 Å². The molecule has 0 radical (unpaired) electrons. The van der Waals surface area contributed by atoms with Crippen LogP contribution >= 0.6 is 23.1 Å². The Morgan fingerprint density at radius 2 is 2.21 bits per heavy atom. The van der Waals surface area contributed by atoms with Gasteiger partial charge in [-0.3, -0.25) is 0 Å². The van der Waals surface area contributed by atoms with E-state index in [0.717, 1.165) is 0 Å². The third-order valence-electron chi connectivity index (χ3n) is 1.98. The standard InChI is InChI=1S/C10H8F3N3OS2/c1-5-15-9(16-17-5)7-4-14-10(19-7)18-3-2-6(11)8(12)13/h4H,2-3H2,1H3. The Balaban J connectivity index is 1.93. The minimum absolute atomic E-state index is 0.196. The quantitative estimate of drug-likeness (QED) is 0.780. The van der Waals surface area contributed by atoms with Crippen molar-refractivity contribution in [2.75, 3.05) is 5.75 Å². The Hall–Kier alpha value is -1.35. The maximum absolute atomic E-state index is 12.6. The largest absolute Gasteiger partial charge is 0.339 e. The molecule has 4 nitrogen and oxygen atoms in total. The Kier molecular flexibility index (Phi) is 4.59. The molecule has 0 unspecified atom stereocenters. The first-order chi connectivity index (χ1) is 9.06. The molecule has 9 heteroatoms. The van der Waals surface area contributed by atoms with E-state index < -0.39 is 11.9 Å². The fourth-order valence-electron chi connectivity index (χ4n) is 1.15. The first kappa shape index (κ1) is 14.1. The van der Waals surface area contributed by atoms with E-state index in [0.29, 0.717) is 20.9 Å². The fraction of sp³-hybridized carbons (Fsp3) is 0.300. The highest BCUT2D eigenvalue weighted by Crippen LogP contribution is 2.31. The molecular weight excluding hydrogens is 299 g/mol. The molecular formula is C10H8F3N3OS2. The smallest absolute Gasteiger partial charge is 0.301 e. The van der Waals surface area contributed by atoms with Gasteiger partial charge in [0.15, 0.2) is 10.2 Å². The highest BCUT2D eigenvalue weighted by Gasteiger charge is 2.11. The van der Waals surface area contributed by atoms with Gasteiger partial charge in [-0.25, -0.2) is 9.37 Å². The van der Waals surface area contributed by atoms with Gasteiger partial charge < -0.3 is 4.52 Å². The molecule has 0 saturated heterocycles. The lowest BCUT2D eigenvalue weighted by atomic mass is 10.4. The van der Waals surface area contributed by atoms with Crippen LogP contribution < -0.4 is 0 Å². The van der Waals surface area contributed by atoms with Crippen LogP contribution in [0.15, 0.2) is 27.0 Å². The summed E-state index contributed by atoms with van der Waals surface area (Å²) in [5.41, 5.74) is 0. The second-order valence-corrected chi connectivity index (χ2v) is 5.76. The molecule has 2 aromatic rings. The summed E-state index contributed by atoms with van der Waals surface area (Å²) in [6.07, 6.45) is -1.01. The summed E-state index contributed by atoms with van der Waals surface area (Å²) in [4.78, 5) is 8.83. The molecule has 2 heterocycles. The van der Waals surface area contributed by atoms with Gasteiger partial charge in [0.1, 0.15) is 0 Å². The monoisotopic (exact) mass is 307 g/mol. The minimum atomic E-state index is -2.26. The summed E-state index contributed by atoms with van der Waals surface area (Å²) in [5, 5.41) is 3.74. The minimum Gasteiger partial charge on any atom is -0.339 e. The van der Waals surface area contributed by atoms with E-state index in [2.05, 4.69) is 15.1 Å². The van der Waals surface area contributed by atoms with Gasteiger partial charge in [0.05, 0.1) is 11.1 Å². The molecule has 0 amide bonds. The lowest BCUT2D eigenvalue weighted by Crippen LogP contribution is -1.81. The molecule has 2 aromatic heterocycles. The Morgan fingerprint density at radius 1 is 1.42 bits per heavy atom. The molecule has 0 atom stereocenters. The molecule has 0 aliphatic heterocycles. The van der Waals surface area contributed by atoms with E-state index in [1.165, 1.54) is 23.1 Å². The number of halogens is 3. The van der Waals surface area contributed by atoms with Crippen LogP contribution in [0.5, 0.6) is 0 Å². The van der Waals surface area contributed by atoms with Crippen LogP contribution in [0.3, 0.4) is 0 Å². The van der Waals surface area contributed by atoms with Crippen LogP contribution in [0.1, 0.15) is 12.3 Å². The molecule has 0 N–H and O–H groups in total. The van der Waals surface area contributed by atoms with Crippen LogP contribution in [0.4, 0.5) is 13.2 Å². The first-order valence-corrected chi connectivity index (χ1v) is 6.95. The van der Waals surface area contributed by atoms with Crippen molar-refractivity contribution in [2.24, 2.45) is 0 Å². The highest BCUT2D eigenvalue weighted by atomic mass is 32.2. The highest BCUT2D eigenvalue weighted by molar-refractivity contribution is 8.01. The second-order valence-electron chi connectivity index (χ2n) is 3.39. The zero-order chi connectivity index (χ0) is 13.8. The summed E-state index contributed by atoms with van der Waals surface area (Å²) in [6, 6.07) is 0. The van der Waals surface area contributed by atoms with E-state index >= 15 is 0 Å². The molecule has 0 aromatic carbocycles. The molecule has 0 aliphatic carbocycles. The van der Waals surface area contributed by atoms with Crippen LogP contribution in [0, 0.1) is 6.92 Å². The van der Waals surface area contributed by atoms with Crippen LogP contribution in [0.2, 0.25) is 0 Å². The number of nitrogens with zero attached hydrogens (tertiary/aromatic N) is 3. The Morgan fingerprint density at radius 3 is 2.84 bits per heavy atom. The van der Waals surface area contributed by atoms with Crippen molar-refractivity contribution < 1.29 is 17.7 Å².